The Morgan fingerprint density at radius 1 is 1.25 bits per heavy atom. The Balaban J connectivity index is 1.80. The van der Waals surface area contributed by atoms with E-state index in [0.717, 1.165) is 0 Å². The number of aromatic nitrogens is 2. The van der Waals surface area contributed by atoms with Gasteiger partial charge < -0.3 is 19.5 Å². The average Bonchev–Trinajstić information content (AvgIpc) is 2.97. The second-order valence-electron chi connectivity index (χ2n) is 5.98. The molecule has 1 aromatic heterocycles. The highest BCUT2D eigenvalue weighted by Crippen LogP contribution is 2.74. The predicted molar refractivity (Wildman–Crippen MR) is 72.0 cm³/mol. The van der Waals surface area contributed by atoms with Gasteiger partial charge in [-0.1, -0.05) is 5.23 Å². The first-order valence-electron chi connectivity index (χ1n) is 7.33. The number of aliphatic hydroxyl groups is 2. The Morgan fingerprint density at radius 2 is 2.00 bits per heavy atom. The monoisotopic (exact) mass is 445 g/mol. The summed E-state index contributed by atoms with van der Waals surface area (Å²) in [7, 11) is -9.97. The van der Waals surface area contributed by atoms with Crippen LogP contribution in [0.1, 0.15) is 6.23 Å². The van der Waals surface area contributed by atoms with Crippen molar-refractivity contribution < 1.29 is 60.9 Å². The third kappa shape index (κ3) is 1.77. The summed E-state index contributed by atoms with van der Waals surface area (Å²) >= 11 is 0. The first-order chi connectivity index (χ1) is 13.1. The van der Waals surface area contributed by atoms with Crippen molar-refractivity contribution in [1.29, 1.82) is 0 Å². The largest absolute Gasteiger partial charge is 0.583 e. The van der Waals surface area contributed by atoms with Crippen LogP contribution in [0.25, 0.3) is 0 Å². The van der Waals surface area contributed by atoms with Crippen molar-refractivity contribution >= 4 is 21.5 Å². The van der Waals surface area contributed by atoms with E-state index in [-0.39, 0.29) is 9.79 Å². The number of phosphoric acid groups is 2. The number of phosphoric ester groups is 1. The van der Waals surface area contributed by atoms with Gasteiger partial charge in [-0.3, -0.25) is 0 Å². The van der Waals surface area contributed by atoms with Crippen molar-refractivity contribution in [2.75, 3.05) is 11.8 Å². The van der Waals surface area contributed by atoms with Gasteiger partial charge in [0, 0.05) is 0 Å². The molecule has 2 N–H and O–H groups in total. The summed E-state index contributed by atoms with van der Waals surface area (Å²) in [4.78, 5) is 20.7. The molecule has 6 rings (SSSR count). The zero-order valence-corrected chi connectivity index (χ0v) is 14.6. The second kappa shape index (κ2) is 4.80. The Morgan fingerprint density at radius 3 is 2.75 bits per heavy atom. The number of hydrogen-bond donors (Lipinski definition) is 2. The second-order valence-corrected chi connectivity index (χ2v) is 8.79. The van der Waals surface area contributed by atoms with Crippen LogP contribution >= 0.6 is 15.6 Å². The maximum Gasteiger partial charge on any atom is 0.583 e. The van der Waals surface area contributed by atoms with Gasteiger partial charge in [-0.15, -0.1) is 13.9 Å². The molecule has 0 amide bonds. The normalized spacial score (nSPS) is 47.5. The van der Waals surface area contributed by atoms with Gasteiger partial charge in [-0.2, -0.15) is 14.3 Å². The summed E-state index contributed by atoms with van der Waals surface area (Å²) in [5.41, 5.74) is -1.32. The summed E-state index contributed by atoms with van der Waals surface area (Å²) in [6.07, 6.45) is -3.88. The van der Waals surface area contributed by atoms with E-state index in [0.29, 0.717) is 0 Å². The molecular weight excluding hydrogens is 439 g/mol. The van der Waals surface area contributed by atoms with Crippen molar-refractivity contribution in [2.45, 2.75) is 23.9 Å². The minimum absolute atomic E-state index is 0.166. The number of rotatable bonds is 1. The van der Waals surface area contributed by atoms with Gasteiger partial charge in [-0.25, -0.2) is 27.5 Å². The lowest BCUT2D eigenvalue weighted by Crippen LogP contribution is -2.58. The molecule has 5 aliphatic heterocycles. The van der Waals surface area contributed by atoms with Crippen molar-refractivity contribution in [3.05, 3.63) is 16.3 Å². The number of nitrogens with zero attached hydrogens (tertiary/aromatic N) is 3. The molecule has 7 bridgehead atoms. The van der Waals surface area contributed by atoms with E-state index in [1.165, 1.54) is 0 Å². The summed E-state index contributed by atoms with van der Waals surface area (Å²) in [6.45, 7) is -0.987. The average molecular weight is 445 g/mol. The van der Waals surface area contributed by atoms with Crippen LogP contribution in [0.15, 0.2) is 4.79 Å². The molecule has 1 spiro atoms. The zero-order chi connectivity index (χ0) is 19.7. The lowest BCUT2D eigenvalue weighted by Gasteiger charge is -2.32. The van der Waals surface area contributed by atoms with E-state index in [9.17, 15) is 28.5 Å². The number of aliphatic hydroxyl groups excluding tert-OH is 1. The first-order valence-corrected chi connectivity index (χ1v) is 10.2. The fraction of sp³-hybridized carbons (Fsp3) is 0.556. The molecule has 3 saturated heterocycles. The van der Waals surface area contributed by atoms with E-state index in [1.54, 1.807) is 0 Å². The number of halogens is 1. The lowest BCUT2D eigenvalue weighted by atomic mass is 10.0. The topological polar surface area (TPSA) is 187 Å². The molecule has 0 saturated carbocycles. The van der Waals surface area contributed by atoms with Gasteiger partial charge in [0.15, 0.2) is 0 Å². The molecule has 3 unspecified atom stereocenters. The standard InChI is InChI=1S/C9H6FN3O13P2/c10-3-4-11-7(15)12-5(3)20-27(17)24-13(4)25-28(18)22-8(16)6(12)19-2(1-14)9(8,23-28)21-26-27/h2,6,14,16H,1H2/t2-,6?,8-,9+,27?,28?/m1/s1. The summed E-state index contributed by atoms with van der Waals surface area (Å²) in [5, 5.41) is 20.6. The molecule has 19 heteroatoms. The van der Waals surface area contributed by atoms with Crippen LogP contribution in [0.4, 0.5) is 10.2 Å². The van der Waals surface area contributed by atoms with Crippen molar-refractivity contribution in [2.24, 2.45) is 0 Å². The summed E-state index contributed by atoms with van der Waals surface area (Å²) in [6, 6.07) is 0. The van der Waals surface area contributed by atoms with Crippen molar-refractivity contribution in [3.8, 4) is 5.88 Å². The maximum absolute atomic E-state index is 14.9. The molecule has 0 aromatic carbocycles. The third-order valence-electron chi connectivity index (χ3n) is 4.43. The highest BCUT2D eigenvalue weighted by Gasteiger charge is 2.83. The van der Waals surface area contributed by atoms with Gasteiger partial charge in [-0.05, 0) is 0 Å². The molecule has 6 heterocycles. The van der Waals surface area contributed by atoms with Crippen LogP contribution in [0, 0.1) is 5.82 Å². The van der Waals surface area contributed by atoms with Crippen LogP contribution in [0.5, 0.6) is 5.88 Å². The van der Waals surface area contributed by atoms with E-state index in [4.69, 9.17) is 32.4 Å². The van der Waals surface area contributed by atoms with Gasteiger partial charge in [0.1, 0.15) is 6.10 Å². The van der Waals surface area contributed by atoms with Crippen LogP contribution in [-0.2, 0) is 41.7 Å². The predicted octanol–water partition coefficient (Wildman–Crippen LogP) is -1.04. The lowest BCUT2D eigenvalue weighted by molar-refractivity contribution is -0.420. The minimum atomic E-state index is -5.01. The zero-order valence-electron chi connectivity index (χ0n) is 12.9. The summed E-state index contributed by atoms with van der Waals surface area (Å²) in [5.74, 6) is -9.54. The molecule has 16 nitrogen and oxygen atoms in total. The third-order valence-corrected chi connectivity index (χ3v) is 6.78. The molecule has 1 aromatic rings. The summed E-state index contributed by atoms with van der Waals surface area (Å²) < 4.78 is 75.3. The molecular formula is C9H6FN3O13P2. The fourth-order valence-electron chi connectivity index (χ4n) is 3.31. The van der Waals surface area contributed by atoms with E-state index in [2.05, 4.69) is 9.66 Å². The Hall–Kier alpha value is -1.49. The number of fused-ring (bicyclic) bond motifs is 6. The highest BCUT2D eigenvalue weighted by atomic mass is 31.2. The molecule has 6 atom stereocenters. The Bertz CT molecular complexity index is 1100. The molecule has 0 radical (unpaired) electrons. The van der Waals surface area contributed by atoms with Gasteiger partial charge in [0.05, 0.1) is 6.61 Å². The molecule has 152 valence electrons. The number of anilines is 1. The fourth-order valence-corrected chi connectivity index (χ4v) is 5.89. The molecule has 5 aliphatic rings. The smallest absolute Gasteiger partial charge is 0.393 e. The van der Waals surface area contributed by atoms with E-state index < -0.39 is 69.4 Å². The Labute approximate surface area is 150 Å². The number of ether oxygens (including phenoxy) is 1. The Kier molecular flexibility index (Phi) is 2.98. The first kappa shape index (κ1) is 17.4. The van der Waals surface area contributed by atoms with Crippen LogP contribution in [0.3, 0.4) is 0 Å². The molecule has 3 fully saturated rings. The SMILES string of the molecule is O=c1nc2c(F)c3n1C1O[C@H](CO)[C@]45OOP(=O)(O3)ON2OP(=O)(O4)O[C@]15O. The van der Waals surface area contributed by atoms with E-state index >= 15 is 0 Å². The van der Waals surface area contributed by atoms with E-state index in [1.807, 2.05) is 0 Å². The minimum Gasteiger partial charge on any atom is -0.393 e. The van der Waals surface area contributed by atoms with Gasteiger partial charge in [0.2, 0.25) is 17.9 Å². The molecule has 0 aliphatic carbocycles. The maximum atomic E-state index is 14.9. The van der Waals surface area contributed by atoms with Crippen LogP contribution in [-0.4, -0.2) is 44.0 Å². The van der Waals surface area contributed by atoms with Crippen molar-refractivity contribution in [3.63, 3.8) is 0 Å². The van der Waals surface area contributed by atoms with Gasteiger partial charge >= 0.3 is 21.3 Å². The molecule has 28 heavy (non-hydrogen) atoms. The quantitative estimate of drug-likeness (QED) is 0.394. The number of hydrogen-bond acceptors (Lipinski definition) is 15. The van der Waals surface area contributed by atoms with Crippen molar-refractivity contribution in [1.82, 2.24) is 9.55 Å². The highest BCUT2D eigenvalue weighted by molar-refractivity contribution is 7.49. The van der Waals surface area contributed by atoms with Gasteiger partial charge in [0.25, 0.3) is 17.5 Å². The van der Waals surface area contributed by atoms with Crippen LogP contribution in [0.2, 0.25) is 0 Å². The van der Waals surface area contributed by atoms with Crippen LogP contribution < -0.4 is 15.4 Å².